The number of rotatable bonds is 3. The predicted molar refractivity (Wildman–Crippen MR) is 61.5 cm³/mol. The van der Waals surface area contributed by atoms with E-state index in [2.05, 4.69) is 23.4 Å². The molecule has 1 saturated carbocycles. The van der Waals surface area contributed by atoms with E-state index in [-0.39, 0.29) is 5.92 Å². The van der Waals surface area contributed by atoms with Gasteiger partial charge in [-0.3, -0.25) is 4.68 Å². The maximum atomic E-state index is 8.99. The second-order valence-corrected chi connectivity index (χ2v) is 4.53. The minimum Gasteiger partial charge on any atom is -0.308 e. The second-order valence-electron chi connectivity index (χ2n) is 4.53. The number of nitriles is 1. The Morgan fingerprint density at radius 1 is 1.62 bits per heavy atom. The standard InChI is InChI=1S/C12H18N4/c1-9-11(8-15-16(9)2)7-14-12-5-3-4-10(12)6-13/h8,10,12,14H,3-5,7H2,1-2H3. The molecule has 2 rings (SSSR count). The van der Waals surface area contributed by atoms with Crippen LogP contribution in [0.3, 0.4) is 0 Å². The molecule has 4 heteroatoms. The lowest BCUT2D eigenvalue weighted by Crippen LogP contribution is -2.31. The average Bonchev–Trinajstić information content (AvgIpc) is 2.86. The highest BCUT2D eigenvalue weighted by molar-refractivity contribution is 5.15. The zero-order valence-corrected chi connectivity index (χ0v) is 9.90. The van der Waals surface area contributed by atoms with Crippen LogP contribution < -0.4 is 5.32 Å². The summed E-state index contributed by atoms with van der Waals surface area (Å²) in [5, 5.41) is 16.7. The van der Waals surface area contributed by atoms with Crippen LogP contribution in [0.4, 0.5) is 0 Å². The third-order valence-electron chi connectivity index (χ3n) is 3.57. The van der Waals surface area contributed by atoms with Crippen LogP contribution in [0.2, 0.25) is 0 Å². The van der Waals surface area contributed by atoms with Crippen molar-refractivity contribution in [3.63, 3.8) is 0 Å². The number of aryl methyl sites for hydroxylation is 1. The Morgan fingerprint density at radius 2 is 2.44 bits per heavy atom. The van der Waals surface area contributed by atoms with Crippen molar-refractivity contribution in [3.05, 3.63) is 17.5 Å². The molecule has 0 radical (unpaired) electrons. The molecule has 0 bridgehead atoms. The van der Waals surface area contributed by atoms with Crippen LogP contribution in [0.15, 0.2) is 6.20 Å². The molecule has 1 heterocycles. The summed E-state index contributed by atoms with van der Waals surface area (Å²) in [6.07, 6.45) is 5.23. The van der Waals surface area contributed by atoms with Crippen LogP contribution in [0.5, 0.6) is 0 Å². The van der Waals surface area contributed by atoms with Gasteiger partial charge < -0.3 is 5.32 Å². The van der Waals surface area contributed by atoms with E-state index in [1.165, 1.54) is 17.7 Å². The normalized spacial score (nSPS) is 24.6. The molecule has 4 nitrogen and oxygen atoms in total. The SMILES string of the molecule is Cc1c(CNC2CCCC2C#N)cnn1C. The molecule has 0 aliphatic heterocycles. The fourth-order valence-corrected chi connectivity index (χ4v) is 2.32. The van der Waals surface area contributed by atoms with Gasteiger partial charge in [0, 0.05) is 30.9 Å². The molecule has 0 saturated heterocycles. The Bertz CT molecular complexity index is 402. The van der Waals surface area contributed by atoms with E-state index in [0.29, 0.717) is 6.04 Å². The Kier molecular flexibility index (Phi) is 3.25. The molecule has 1 aromatic heterocycles. The van der Waals surface area contributed by atoms with Crippen LogP contribution >= 0.6 is 0 Å². The third kappa shape index (κ3) is 2.10. The van der Waals surface area contributed by atoms with Crippen molar-refractivity contribution in [2.45, 2.75) is 38.8 Å². The lowest BCUT2D eigenvalue weighted by atomic mass is 10.1. The predicted octanol–water partition coefficient (Wildman–Crippen LogP) is 1.51. The molecule has 0 amide bonds. The molecule has 0 spiro atoms. The van der Waals surface area contributed by atoms with Gasteiger partial charge in [-0.15, -0.1) is 0 Å². The number of nitrogens with zero attached hydrogens (tertiary/aromatic N) is 3. The van der Waals surface area contributed by atoms with Crippen molar-refractivity contribution >= 4 is 0 Å². The van der Waals surface area contributed by atoms with Gasteiger partial charge in [0.25, 0.3) is 0 Å². The van der Waals surface area contributed by atoms with Gasteiger partial charge in [0.1, 0.15) is 0 Å². The molecule has 86 valence electrons. The summed E-state index contributed by atoms with van der Waals surface area (Å²) in [5.74, 6) is 0.192. The van der Waals surface area contributed by atoms with Gasteiger partial charge in [-0.2, -0.15) is 10.4 Å². The van der Waals surface area contributed by atoms with Crippen LogP contribution in [-0.4, -0.2) is 15.8 Å². The Balaban J connectivity index is 1.93. The Labute approximate surface area is 96.3 Å². The largest absolute Gasteiger partial charge is 0.308 e. The number of hydrogen-bond donors (Lipinski definition) is 1. The van der Waals surface area contributed by atoms with Crippen LogP contribution in [0, 0.1) is 24.2 Å². The van der Waals surface area contributed by atoms with Crippen LogP contribution in [0.25, 0.3) is 0 Å². The van der Waals surface area contributed by atoms with Gasteiger partial charge in [0.15, 0.2) is 0 Å². The van der Waals surface area contributed by atoms with Gasteiger partial charge in [-0.05, 0) is 19.8 Å². The zero-order chi connectivity index (χ0) is 11.5. The fraction of sp³-hybridized carbons (Fsp3) is 0.667. The Morgan fingerprint density at radius 3 is 3.06 bits per heavy atom. The summed E-state index contributed by atoms with van der Waals surface area (Å²) in [5.41, 5.74) is 2.42. The number of hydrogen-bond acceptors (Lipinski definition) is 3. The van der Waals surface area contributed by atoms with Crippen molar-refractivity contribution in [3.8, 4) is 6.07 Å². The monoisotopic (exact) mass is 218 g/mol. The van der Waals surface area contributed by atoms with E-state index in [1.807, 2.05) is 17.9 Å². The molecule has 1 N–H and O–H groups in total. The van der Waals surface area contributed by atoms with Crippen molar-refractivity contribution in [1.29, 1.82) is 5.26 Å². The van der Waals surface area contributed by atoms with Crippen molar-refractivity contribution in [2.75, 3.05) is 0 Å². The summed E-state index contributed by atoms with van der Waals surface area (Å²) in [6.45, 7) is 2.89. The van der Waals surface area contributed by atoms with E-state index in [0.717, 1.165) is 19.4 Å². The molecule has 1 aromatic rings. The smallest absolute Gasteiger partial charge is 0.0672 e. The maximum Gasteiger partial charge on any atom is 0.0672 e. The highest BCUT2D eigenvalue weighted by Gasteiger charge is 2.26. The molecule has 1 aliphatic carbocycles. The van der Waals surface area contributed by atoms with Gasteiger partial charge >= 0.3 is 0 Å². The average molecular weight is 218 g/mol. The summed E-state index contributed by atoms with van der Waals surface area (Å²) >= 11 is 0. The second kappa shape index (κ2) is 4.67. The van der Waals surface area contributed by atoms with Crippen molar-refractivity contribution in [1.82, 2.24) is 15.1 Å². The summed E-state index contributed by atoms with van der Waals surface area (Å²) in [4.78, 5) is 0. The lowest BCUT2D eigenvalue weighted by Gasteiger charge is -2.15. The molecule has 1 aliphatic rings. The summed E-state index contributed by atoms with van der Waals surface area (Å²) in [6, 6.07) is 2.75. The minimum atomic E-state index is 0.192. The quantitative estimate of drug-likeness (QED) is 0.836. The van der Waals surface area contributed by atoms with Gasteiger partial charge in [-0.25, -0.2) is 0 Å². The number of aromatic nitrogens is 2. The Hall–Kier alpha value is -1.34. The molecule has 2 unspecified atom stereocenters. The van der Waals surface area contributed by atoms with E-state index in [9.17, 15) is 0 Å². The fourth-order valence-electron chi connectivity index (χ4n) is 2.32. The molecule has 1 fully saturated rings. The topological polar surface area (TPSA) is 53.6 Å². The first-order chi connectivity index (χ1) is 7.72. The molecular formula is C12H18N4. The van der Waals surface area contributed by atoms with E-state index in [4.69, 9.17) is 5.26 Å². The minimum absolute atomic E-state index is 0.192. The van der Waals surface area contributed by atoms with Gasteiger partial charge in [0.05, 0.1) is 18.2 Å². The summed E-state index contributed by atoms with van der Waals surface area (Å²) < 4.78 is 1.88. The van der Waals surface area contributed by atoms with E-state index in [1.54, 1.807) is 0 Å². The van der Waals surface area contributed by atoms with E-state index < -0.39 is 0 Å². The highest BCUT2D eigenvalue weighted by Crippen LogP contribution is 2.25. The van der Waals surface area contributed by atoms with Gasteiger partial charge in [0.2, 0.25) is 0 Å². The molecule has 16 heavy (non-hydrogen) atoms. The van der Waals surface area contributed by atoms with Gasteiger partial charge in [-0.1, -0.05) is 6.42 Å². The molecule has 2 atom stereocenters. The third-order valence-corrected chi connectivity index (χ3v) is 3.57. The molecular weight excluding hydrogens is 200 g/mol. The first-order valence-electron chi connectivity index (χ1n) is 5.83. The maximum absolute atomic E-state index is 8.99. The van der Waals surface area contributed by atoms with Crippen LogP contribution in [-0.2, 0) is 13.6 Å². The first-order valence-corrected chi connectivity index (χ1v) is 5.83. The highest BCUT2D eigenvalue weighted by atomic mass is 15.3. The number of nitrogens with one attached hydrogen (secondary N) is 1. The van der Waals surface area contributed by atoms with E-state index >= 15 is 0 Å². The zero-order valence-electron chi connectivity index (χ0n) is 9.90. The van der Waals surface area contributed by atoms with Crippen LogP contribution in [0.1, 0.15) is 30.5 Å². The molecule has 0 aromatic carbocycles. The van der Waals surface area contributed by atoms with Crippen molar-refractivity contribution < 1.29 is 0 Å². The lowest BCUT2D eigenvalue weighted by molar-refractivity contribution is 0.464. The summed E-state index contributed by atoms with van der Waals surface area (Å²) in [7, 11) is 1.95. The first kappa shape index (κ1) is 11.2. The van der Waals surface area contributed by atoms with Crippen molar-refractivity contribution in [2.24, 2.45) is 13.0 Å².